The largest absolute Gasteiger partial charge is 0.393 e. The predicted molar refractivity (Wildman–Crippen MR) is 35.0 cm³/mol. The molecule has 0 bridgehead atoms. The van der Waals surface area contributed by atoms with E-state index in [2.05, 4.69) is 0 Å². The number of rotatable bonds is 0. The smallest absolute Gasteiger partial charge is 0.0594 e. The van der Waals surface area contributed by atoms with E-state index in [9.17, 15) is 10.2 Å². The molecule has 2 unspecified atom stereocenters. The molecule has 0 heterocycles. The Labute approximate surface area is 55.5 Å². The van der Waals surface area contributed by atoms with Crippen molar-refractivity contribution in [3.8, 4) is 0 Å². The van der Waals surface area contributed by atoms with Crippen molar-refractivity contribution in [2.24, 2.45) is 11.8 Å². The lowest BCUT2D eigenvalue weighted by molar-refractivity contribution is 0.123. The molecule has 0 aromatic carbocycles. The van der Waals surface area contributed by atoms with Crippen LogP contribution < -0.4 is 0 Å². The molecule has 2 nitrogen and oxygen atoms in total. The van der Waals surface area contributed by atoms with Gasteiger partial charge in [-0.15, -0.1) is 0 Å². The second-order valence-electron chi connectivity index (χ2n) is 3.09. The lowest BCUT2D eigenvalue weighted by atomic mass is 9.98. The van der Waals surface area contributed by atoms with E-state index in [-0.39, 0.29) is 24.0 Å². The summed E-state index contributed by atoms with van der Waals surface area (Å²) in [5.41, 5.74) is 0. The zero-order chi connectivity index (χ0) is 7.02. The van der Waals surface area contributed by atoms with Gasteiger partial charge < -0.3 is 10.2 Å². The van der Waals surface area contributed by atoms with Crippen molar-refractivity contribution in [2.45, 2.75) is 32.5 Å². The lowest BCUT2D eigenvalue weighted by Gasteiger charge is -2.12. The molecule has 1 fully saturated rings. The molecule has 4 atom stereocenters. The first-order valence-electron chi connectivity index (χ1n) is 3.49. The minimum atomic E-state index is -0.282. The number of hydrogen-bond donors (Lipinski definition) is 2. The molecule has 1 aliphatic rings. The van der Waals surface area contributed by atoms with Crippen molar-refractivity contribution in [3.05, 3.63) is 0 Å². The first-order valence-corrected chi connectivity index (χ1v) is 3.49. The Balaban J connectivity index is 2.54. The van der Waals surface area contributed by atoms with Crippen LogP contribution in [0, 0.1) is 11.8 Å². The normalized spacial score (nSPS) is 52.0. The van der Waals surface area contributed by atoms with Crippen molar-refractivity contribution in [2.75, 3.05) is 0 Å². The third-order valence-electron chi connectivity index (χ3n) is 2.53. The van der Waals surface area contributed by atoms with Crippen LogP contribution in [0.4, 0.5) is 0 Å². The fourth-order valence-electron chi connectivity index (χ4n) is 1.38. The zero-order valence-electron chi connectivity index (χ0n) is 5.91. The second-order valence-corrected chi connectivity index (χ2v) is 3.09. The fraction of sp³-hybridized carbons (Fsp3) is 1.00. The molecule has 54 valence electrons. The maximum atomic E-state index is 9.18. The van der Waals surface area contributed by atoms with Crippen molar-refractivity contribution < 1.29 is 10.2 Å². The van der Waals surface area contributed by atoms with Crippen LogP contribution in [0.25, 0.3) is 0 Å². The highest BCUT2D eigenvalue weighted by Crippen LogP contribution is 2.31. The summed E-state index contributed by atoms with van der Waals surface area (Å²) in [7, 11) is 0. The molecule has 0 aromatic heterocycles. The molecule has 1 rings (SSSR count). The Morgan fingerprint density at radius 1 is 1.00 bits per heavy atom. The monoisotopic (exact) mass is 130 g/mol. The molecule has 9 heavy (non-hydrogen) atoms. The van der Waals surface area contributed by atoms with Crippen LogP contribution in [0.5, 0.6) is 0 Å². The summed E-state index contributed by atoms with van der Waals surface area (Å²) in [6.07, 6.45) is -0.00694. The van der Waals surface area contributed by atoms with Crippen LogP contribution in [0.1, 0.15) is 20.3 Å². The minimum absolute atomic E-state index is 0.264. The van der Waals surface area contributed by atoms with Crippen molar-refractivity contribution in [1.82, 2.24) is 0 Å². The standard InChI is InChI=1S/C7H14O2/c1-4-5(2)7(9)3-6(4)8/h4-9H,3H2,1-2H3/t4?,5?,6-,7+. The maximum Gasteiger partial charge on any atom is 0.0594 e. The third kappa shape index (κ3) is 1.10. The first-order chi connectivity index (χ1) is 4.13. The molecule has 1 saturated carbocycles. The Morgan fingerprint density at radius 2 is 1.33 bits per heavy atom. The highest BCUT2D eigenvalue weighted by Gasteiger charge is 2.35. The zero-order valence-corrected chi connectivity index (χ0v) is 5.91. The minimum Gasteiger partial charge on any atom is -0.393 e. The maximum absolute atomic E-state index is 9.18. The summed E-state index contributed by atoms with van der Waals surface area (Å²) in [5.74, 6) is 0.528. The lowest BCUT2D eigenvalue weighted by Crippen LogP contribution is -2.15. The molecule has 0 aliphatic heterocycles. The van der Waals surface area contributed by atoms with Crippen LogP contribution in [0.15, 0.2) is 0 Å². The Hall–Kier alpha value is -0.0800. The average molecular weight is 130 g/mol. The van der Waals surface area contributed by atoms with E-state index in [1.165, 1.54) is 0 Å². The Bertz CT molecular complexity index is 91.1. The number of hydrogen-bond acceptors (Lipinski definition) is 2. The van der Waals surface area contributed by atoms with Gasteiger partial charge in [0, 0.05) is 0 Å². The first kappa shape index (κ1) is 7.03. The summed E-state index contributed by atoms with van der Waals surface area (Å²) in [6, 6.07) is 0. The summed E-state index contributed by atoms with van der Waals surface area (Å²) < 4.78 is 0. The molecule has 0 aromatic rings. The highest BCUT2D eigenvalue weighted by molar-refractivity contribution is 4.85. The van der Waals surface area contributed by atoms with E-state index in [0.717, 1.165) is 0 Å². The fourth-order valence-corrected chi connectivity index (χ4v) is 1.38. The summed E-state index contributed by atoms with van der Waals surface area (Å²) in [6.45, 7) is 3.96. The van der Waals surface area contributed by atoms with Crippen molar-refractivity contribution in [1.29, 1.82) is 0 Å². The second kappa shape index (κ2) is 2.27. The molecular formula is C7H14O2. The van der Waals surface area contributed by atoms with Gasteiger partial charge >= 0.3 is 0 Å². The van der Waals surface area contributed by atoms with E-state index in [1.54, 1.807) is 0 Å². The molecular weight excluding hydrogens is 116 g/mol. The molecule has 2 N–H and O–H groups in total. The molecule has 0 spiro atoms. The molecule has 2 heteroatoms. The topological polar surface area (TPSA) is 40.5 Å². The van der Waals surface area contributed by atoms with Crippen molar-refractivity contribution in [3.63, 3.8) is 0 Å². The molecule has 0 radical (unpaired) electrons. The SMILES string of the molecule is CC1C(C)[C@@H](O)C[C@H]1O. The summed E-state index contributed by atoms with van der Waals surface area (Å²) in [5, 5.41) is 18.4. The highest BCUT2D eigenvalue weighted by atomic mass is 16.3. The van der Waals surface area contributed by atoms with Gasteiger partial charge in [-0.05, 0) is 18.3 Å². The van der Waals surface area contributed by atoms with Gasteiger partial charge in [0.05, 0.1) is 12.2 Å². The van der Waals surface area contributed by atoms with Gasteiger partial charge in [-0.1, -0.05) is 13.8 Å². The van der Waals surface area contributed by atoms with Crippen LogP contribution in [0.2, 0.25) is 0 Å². The molecule has 0 amide bonds. The van der Waals surface area contributed by atoms with Crippen LogP contribution >= 0.6 is 0 Å². The molecule has 1 aliphatic carbocycles. The van der Waals surface area contributed by atoms with Crippen LogP contribution in [0.3, 0.4) is 0 Å². The van der Waals surface area contributed by atoms with Gasteiger partial charge in [-0.25, -0.2) is 0 Å². The summed E-state index contributed by atoms with van der Waals surface area (Å²) in [4.78, 5) is 0. The van der Waals surface area contributed by atoms with Crippen molar-refractivity contribution >= 4 is 0 Å². The molecule has 0 saturated heterocycles. The average Bonchev–Trinajstić information content (AvgIpc) is 1.98. The van der Waals surface area contributed by atoms with E-state index in [0.29, 0.717) is 6.42 Å². The van der Waals surface area contributed by atoms with E-state index >= 15 is 0 Å². The Morgan fingerprint density at radius 3 is 1.44 bits per heavy atom. The van der Waals surface area contributed by atoms with E-state index < -0.39 is 0 Å². The quantitative estimate of drug-likeness (QED) is 0.498. The van der Waals surface area contributed by atoms with Gasteiger partial charge in [0.25, 0.3) is 0 Å². The van der Waals surface area contributed by atoms with E-state index in [4.69, 9.17) is 0 Å². The summed E-state index contributed by atoms with van der Waals surface area (Å²) >= 11 is 0. The Kier molecular flexibility index (Phi) is 1.78. The van der Waals surface area contributed by atoms with Gasteiger partial charge in [-0.2, -0.15) is 0 Å². The predicted octanol–water partition coefficient (Wildman–Crippen LogP) is 0.384. The van der Waals surface area contributed by atoms with E-state index in [1.807, 2.05) is 13.8 Å². The van der Waals surface area contributed by atoms with Crippen LogP contribution in [-0.2, 0) is 0 Å². The van der Waals surface area contributed by atoms with Gasteiger partial charge in [0.2, 0.25) is 0 Å². The van der Waals surface area contributed by atoms with Gasteiger partial charge in [-0.3, -0.25) is 0 Å². The van der Waals surface area contributed by atoms with Gasteiger partial charge in [0.15, 0.2) is 0 Å². The van der Waals surface area contributed by atoms with Crippen LogP contribution in [-0.4, -0.2) is 22.4 Å². The van der Waals surface area contributed by atoms with Gasteiger partial charge in [0.1, 0.15) is 0 Å². The number of aliphatic hydroxyl groups is 2. The third-order valence-corrected chi connectivity index (χ3v) is 2.53. The number of aliphatic hydroxyl groups excluding tert-OH is 2.